The van der Waals surface area contributed by atoms with Gasteiger partial charge in [-0.1, -0.05) is 12.8 Å². The summed E-state index contributed by atoms with van der Waals surface area (Å²) in [4.78, 5) is 13.3. The Bertz CT molecular complexity index is 164. The summed E-state index contributed by atoms with van der Waals surface area (Å²) in [5.41, 5.74) is 0. The highest BCUT2D eigenvalue weighted by atomic mass is 16.5. The highest BCUT2D eigenvalue weighted by Gasteiger charge is 2.22. The average molecular weight is 184 g/mol. The van der Waals surface area contributed by atoms with Crippen LogP contribution in [0.15, 0.2) is 0 Å². The van der Waals surface area contributed by atoms with Crippen molar-refractivity contribution in [2.45, 2.75) is 31.7 Å². The third kappa shape index (κ3) is 2.99. The molecule has 1 aliphatic carbocycles. The van der Waals surface area contributed by atoms with E-state index in [1.54, 1.807) is 0 Å². The van der Waals surface area contributed by atoms with Crippen LogP contribution in [0.3, 0.4) is 0 Å². The monoisotopic (exact) mass is 184 g/mol. The van der Waals surface area contributed by atoms with Crippen LogP contribution in [0.4, 0.5) is 0 Å². The summed E-state index contributed by atoms with van der Waals surface area (Å²) in [5.74, 6) is 0.0792. The lowest BCUT2D eigenvalue weighted by Crippen LogP contribution is -2.37. The first-order valence-corrected chi connectivity index (χ1v) is 4.88. The molecule has 0 saturated heterocycles. The molecule has 1 aliphatic rings. The Morgan fingerprint density at radius 2 is 2.15 bits per heavy atom. The first-order valence-electron chi connectivity index (χ1n) is 4.88. The van der Waals surface area contributed by atoms with Crippen molar-refractivity contribution < 1.29 is 9.53 Å². The van der Waals surface area contributed by atoms with E-state index in [1.807, 2.05) is 11.9 Å². The SMILES string of the molecule is [CH2]COCC(=O)N(C)C1CCCC1. The molecule has 0 N–H and O–H groups in total. The van der Waals surface area contributed by atoms with Gasteiger partial charge in [-0.3, -0.25) is 4.79 Å². The van der Waals surface area contributed by atoms with Gasteiger partial charge in [0.05, 0.1) is 0 Å². The first kappa shape index (κ1) is 10.5. The average Bonchev–Trinajstić information content (AvgIpc) is 2.65. The molecule has 1 rings (SSSR count). The molecule has 1 radical (unpaired) electrons. The minimum atomic E-state index is 0.0792. The molecule has 0 aromatic carbocycles. The molecule has 0 aliphatic heterocycles. The lowest BCUT2D eigenvalue weighted by atomic mass is 10.2. The molecular weight excluding hydrogens is 166 g/mol. The summed E-state index contributed by atoms with van der Waals surface area (Å²) in [6.07, 6.45) is 4.79. The molecule has 0 spiro atoms. The van der Waals surface area contributed by atoms with E-state index in [-0.39, 0.29) is 12.5 Å². The maximum atomic E-state index is 11.5. The van der Waals surface area contributed by atoms with Crippen molar-refractivity contribution in [2.75, 3.05) is 20.3 Å². The molecule has 75 valence electrons. The largest absolute Gasteiger partial charge is 0.372 e. The van der Waals surface area contributed by atoms with Gasteiger partial charge in [-0.25, -0.2) is 0 Å². The Kier molecular flexibility index (Phi) is 4.22. The predicted octanol–water partition coefficient (Wildman–Crippen LogP) is 1.24. The second kappa shape index (κ2) is 5.22. The molecule has 0 heterocycles. The van der Waals surface area contributed by atoms with Crippen molar-refractivity contribution in [2.24, 2.45) is 0 Å². The number of carbonyl (C=O) groups excluding carboxylic acids is 1. The number of carbonyl (C=O) groups is 1. The van der Waals surface area contributed by atoms with Crippen LogP contribution in [0, 0.1) is 6.92 Å². The lowest BCUT2D eigenvalue weighted by Gasteiger charge is -2.23. The summed E-state index contributed by atoms with van der Waals surface area (Å²) < 4.78 is 4.97. The van der Waals surface area contributed by atoms with E-state index in [4.69, 9.17) is 4.74 Å². The van der Waals surface area contributed by atoms with E-state index in [1.165, 1.54) is 12.8 Å². The number of hydrogen-bond donors (Lipinski definition) is 0. The molecule has 0 aromatic rings. The summed E-state index contributed by atoms with van der Waals surface area (Å²) in [6.45, 7) is 4.06. The molecule has 0 unspecified atom stereocenters. The summed E-state index contributed by atoms with van der Waals surface area (Å²) in [6, 6.07) is 0.445. The summed E-state index contributed by atoms with van der Waals surface area (Å²) in [7, 11) is 1.87. The normalized spacial score (nSPS) is 17.7. The number of likely N-dealkylation sites (N-methyl/N-ethyl adjacent to an activating group) is 1. The van der Waals surface area contributed by atoms with E-state index >= 15 is 0 Å². The van der Waals surface area contributed by atoms with E-state index in [9.17, 15) is 4.79 Å². The van der Waals surface area contributed by atoms with Crippen LogP contribution in [0.2, 0.25) is 0 Å². The topological polar surface area (TPSA) is 29.5 Å². The molecule has 0 bridgehead atoms. The number of amides is 1. The van der Waals surface area contributed by atoms with Gasteiger partial charge in [0.25, 0.3) is 0 Å². The fourth-order valence-electron chi connectivity index (χ4n) is 1.76. The van der Waals surface area contributed by atoms with Crippen LogP contribution in [0.25, 0.3) is 0 Å². The van der Waals surface area contributed by atoms with Gasteiger partial charge in [-0.05, 0) is 19.8 Å². The zero-order chi connectivity index (χ0) is 9.68. The molecule has 0 atom stereocenters. The molecule has 1 amide bonds. The number of hydrogen-bond acceptors (Lipinski definition) is 2. The molecule has 3 heteroatoms. The molecule has 1 fully saturated rings. The number of nitrogens with zero attached hydrogens (tertiary/aromatic N) is 1. The van der Waals surface area contributed by atoms with Gasteiger partial charge in [0, 0.05) is 19.7 Å². The van der Waals surface area contributed by atoms with Gasteiger partial charge in [0.15, 0.2) is 0 Å². The lowest BCUT2D eigenvalue weighted by molar-refractivity contribution is -0.136. The molecule has 3 nitrogen and oxygen atoms in total. The third-order valence-corrected chi connectivity index (χ3v) is 2.64. The van der Waals surface area contributed by atoms with E-state index < -0.39 is 0 Å². The van der Waals surface area contributed by atoms with Crippen LogP contribution in [0.5, 0.6) is 0 Å². The van der Waals surface area contributed by atoms with Crippen molar-refractivity contribution in [1.82, 2.24) is 4.90 Å². The van der Waals surface area contributed by atoms with Crippen LogP contribution < -0.4 is 0 Å². The van der Waals surface area contributed by atoms with Gasteiger partial charge in [0.2, 0.25) is 5.91 Å². The van der Waals surface area contributed by atoms with E-state index in [2.05, 4.69) is 6.92 Å². The number of ether oxygens (including phenoxy) is 1. The maximum Gasteiger partial charge on any atom is 0.248 e. The van der Waals surface area contributed by atoms with Gasteiger partial charge < -0.3 is 9.64 Å². The van der Waals surface area contributed by atoms with E-state index in [0.717, 1.165) is 12.8 Å². The zero-order valence-electron chi connectivity index (χ0n) is 8.29. The first-order chi connectivity index (χ1) is 6.25. The fourth-order valence-corrected chi connectivity index (χ4v) is 1.76. The van der Waals surface area contributed by atoms with Gasteiger partial charge in [0.1, 0.15) is 6.61 Å². The Morgan fingerprint density at radius 1 is 1.54 bits per heavy atom. The molecule has 0 aromatic heterocycles. The third-order valence-electron chi connectivity index (χ3n) is 2.64. The van der Waals surface area contributed by atoms with Crippen LogP contribution in [-0.4, -0.2) is 37.1 Å². The summed E-state index contributed by atoms with van der Waals surface area (Å²) >= 11 is 0. The Labute approximate surface area is 80.1 Å². The highest BCUT2D eigenvalue weighted by molar-refractivity contribution is 5.77. The quantitative estimate of drug-likeness (QED) is 0.658. The van der Waals surface area contributed by atoms with Crippen molar-refractivity contribution in [3.63, 3.8) is 0 Å². The second-order valence-corrected chi connectivity index (χ2v) is 3.50. The maximum absolute atomic E-state index is 11.5. The number of rotatable bonds is 4. The second-order valence-electron chi connectivity index (χ2n) is 3.50. The molecular formula is C10H18NO2. The van der Waals surface area contributed by atoms with Crippen molar-refractivity contribution in [3.8, 4) is 0 Å². The van der Waals surface area contributed by atoms with Crippen molar-refractivity contribution in [1.29, 1.82) is 0 Å². The summed E-state index contributed by atoms with van der Waals surface area (Å²) in [5, 5.41) is 0. The minimum Gasteiger partial charge on any atom is -0.372 e. The minimum absolute atomic E-state index is 0.0792. The van der Waals surface area contributed by atoms with Gasteiger partial charge in [-0.2, -0.15) is 0 Å². The highest BCUT2D eigenvalue weighted by Crippen LogP contribution is 2.22. The Hall–Kier alpha value is -0.570. The Morgan fingerprint density at radius 3 is 2.69 bits per heavy atom. The Balaban J connectivity index is 2.28. The fraction of sp³-hybridized carbons (Fsp3) is 0.800. The van der Waals surface area contributed by atoms with Crippen LogP contribution in [-0.2, 0) is 9.53 Å². The predicted molar refractivity (Wildman–Crippen MR) is 51.2 cm³/mol. The van der Waals surface area contributed by atoms with Gasteiger partial charge in [-0.15, -0.1) is 0 Å². The van der Waals surface area contributed by atoms with Crippen molar-refractivity contribution in [3.05, 3.63) is 6.92 Å². The molecule has 13 heavy (non-hydrogen) atoms. The standard InChI is InChI=1S/C10H18NO2/c1-3-13-8-10(12)11(2)9-6-4-5-7-9/h9H,1,3-8H2,2H3. The van der Waals surface area contributed by atoms with Crippen molar-refractivity contribution >= 4 is 5.91 Å². The molecule has 1 saturated carbocycles. The van der Waals surface area contributed by atoms with Crippen LogP contribution >= 0.6 is 0 Å². The zero-order valence-corrected chi connectivity index (χ0v) is 8.29. The smallest absolute Gasteiger partial charge is 0.248 e. The van der Waals surface area contributed by atoms with E-state index in [0.29, 0.717) is 12.6 Å². The van der Waals surface area contributed by atoms with Crippen LogP contribution in [0.1, 0.15) is 25.7 Å². The van der Waals surface area contributed by atoms with Gasteiger partial charge >= 0.3 is 0 Å².